The molecule has 0 unspecified atom stereocenters. The van der Waals surface area contributed by atoms with Gasteiger partial charge in [-0.25, -0.2) is 4.79 Å². The molecule has 1 aliphatic heterocycles. The van der Waals surface area contributed by atoms with E-state index in [4.69, 9.17) is 26.2 Å². The van der Waals surface area contributed by atoms with E-state index in [1.807, 2.05) is 47.4 Å². The van der Waals surface area contributed by atoms with E-state index in [0.717, 1.165) is 22.8 Å². The van der Waals surface area contributed by atoms with Crippen molar-refractivity contribution in [3.05, 3.63) is 102 Å². The summed E-state index contributed by atoms with van der Waals surface area (Å²) in [5.74, 6) is 1.19. The molecular formula is C24H19N3O4S. The van der Waals surface area contributed by atoms with Gasteiger partial charge in [0.15, 0.2) is 5.11 Å². The third kappa shape index (κ3) is 3.76. The lowest BCUT2D eigenvalue weighted by atomic mass is 10.0. The number of nitrogens with zero attached hydrogens (tertiary/aromatic N) is 2. The Balaban J connectivity index is 1.51. The van der Waals surface area contributed by atoms with E-state index in [-0.39, 0.29) is 17.6 Å². The summed E-state index contributed by atoms with van der Waals surface area (Å²) in [5, 5.41) is 13.1. The van der Waals surface area contributed by atoms with Gasteiger partial charge >= 0.3 is 5.97 Å². The number of aromatic carboxylic acids is 1. The summed E-state index contributed by atoms with van der Waals surface area (Å²) in [6, 6.07) is 19.5. The molecule has 2 N–H and O–H groups in total. The number of carbonyl (C=O) groups is 1. The second-order valence-corrected chi connectivity index (χ2v) is 7.81. The topological polar surface area (TPSA) is 91.7 Å². The van der Waals surface area contributed by atoms with Crippen LogP contribution in [0.3, 0.4) is 0 Å². The minimum Gasteiger partial charge on any atom is -0.478 e. The van der Waals surface area contributed by atoms with Gasteiger partial charge < -0.3 is 24.2 Å². The first-order chi connectivity index (χ1) is 15.6. The lowest BCUT2D eigenvalue weighted by Gasteiger charge is -2.25. The number of furan rings is 2. The minimum absolute atomic E-state index is 0.202. The van der Waals surface area contributed by atoms with Crippen LogP contribution in [0.1, 0.15) is 39.7 Å². The number of carboxylic acids is 1. The standard InChI is InChI=1S/C24H19N3O4S/c28-23(29)16-8-6-15(7-9-16)19-10-11-20(31-19)22-21(18-5-1-2-12-25-18)26-24(32)27(22)14-17-4-3-13-30-17/h1-13,21-22H,14H2,(H,26,32)(H,28,29)/t21-,22-/m0/s1. The van der Waals surface area contributed by atoms with Crippen molar-refractivity contribution >= 4 is 23.3 Å². The van der Waals surface area contributed by atoms with Crippen molar-refractivity contribution in [3.8, 4) is 11.3 Å². The normalized spacial score (nSPS) is 18.0. The first kappa shape index (κ1) is 20.0. The van der Waals surface area contributed by atoms with Crippen molar-refractivity contribution in [2.24, 2.45) is 0 Å². The van der Waals surface area contributed by atoms with Crippen molar-refractivity contribution < 1.29 is 18.7 Å². The smallest absolute Gasteiger partial charge is 0.335 e. The molecule has 0 spiro atoms. The Morgan fingerprint density at radius 3 is 2.62 bits per heavy atom. The van der Waals surface area contributed by atoms with Gasteiger partial charge in [0.05, 0.1) is 30.1 Å². The summed E-state index contributed by atoms with van der Waals surface area (Å²) in [7, 11) is 0. The Bertz CT molecular complexity index is 1240. The lowest BCUT2D eigenvalue weighted by Crippen LogP contribution is -2.28. The quantitative estimate of drug-likeness (QED) is 0.409. The Kier molecular flexibility index (Phi) is 5.20. The fourth-order valence-electron chi connectivity index (χ4n) is 3.90. The molecule has 1 aromatic carbocycles. The Labute approximate surface area is 189 Å². The van der Waals surface area contributed by atoms with Crippen molar-refractivity contribution in [3.63, 3.8) is 0 Å². The second-order valence-electron chi connectivity index (χ2n) is 7.42. The highest BCUT2D eigenvalue weighted by Gasteiger charge is 2.42. The molecule has 2 atom stereocenters. The molecule has 1 saturated heterocycles. The van der Waals surface area contributed by atoms with E-state index in [1.54, 1.807) is 36.7 Å². The summed E-state index contributed by atoms with van der Waals surface area (Å²) in [6.07, 6.45) is 3.39. The van der Waals surface area contributed by atoms with Gasteiger partial charge in [-0.1, -0.05) is 18.2 Å². The van der Waals surface area contributed by atoms with Crippen molar-refractivity contribution in [2.75, 3.05) is 0 Å². The average Bonchev–Trinajstić information content (AvgIpc) is 3.56. The fourth-order valence-corrected chi connectivity index (χ4v) is 4.20. The number of pyridine rings is 1. The van der Waals surface area contributed by atoms with E-state index in [1.165, 1.54) is 0 Å². The van der Waals surface area contributed by atoms with Gasteiger partial charge in [0, 0.05) is 11.8 Å². The zero-order valence-corrected chi connectivity index (χ0v) is 17.7. The molecule has 1 fully saturated rings. The van der Waals surface area contributed by atoms with Gasteiger partial charge in [0.1, 0.15) is 23.3 Å². The van der Waals surface area contributed by atoms with Crippen LogP contribution in [-0.2, 0) is 6.54 Å². The highest BCUT2D eigenvalue weighted by Crippen LogP contribution is 2.41. The van der Waals surface area contributed by atoms with E-state index < -0.39 is 5.97 Å². The number of hydrogen-bond donors (Lipinski definition) is 2. The first-order valence-corrected chi connectivity index (χ1v) is 10.4. The largest absolute Gasteiger partial charge is 0.478 e. The molecule has 1 aliphatic rings. The summed E-state index contributed by atoms with van der Waals surface area (Å²) in [4.78, 5) is 17.7. The van der Waals surface area contributed by atoms with Gasteiger partial charge in [0.2, 0.25) is 0 Å². The molecule has 7 nitrogen and oxygen atoms in total. The molecule has 0 amide bonds. The van der Waals surface area contributed by atoms with E-state index in [0.29, 0.717) is 17.4 Å². The zero-order valence-electron chi connectivity index (χ0n) is 16.8. The van der Waals surface area contributed by atoms with Gasteiger partial charge in [-0.3, -0.25) is 4.98 Å². The summed E-state index contributed by atoms with van der Waals surface area (Å²) in [6.45, 7) is 0.482. The minimum atomic E-state index is -0.964. The van der Waals surface area contributed by atoms with Gasteiger partial charge in [-0.15, -0.1) is 0 Å². The van der Waals surface area contributed by atoms with E-state index >= 15 is 0 Å². The van der Waals surface area contributed by atoms with Crippen molar-refractivity contribution in [1.29, 1.82) is 0 Å². The van der Waals surface area contributed by atoms with Crippen LogP contribution in [0.4, 0.5) is 0 Å². The van der Waals surface area contributed by atoms with Crippen LogP contribution in [-0.4, -0.2) is 26.1 Å². The molecule has 8 heteroatoms. The monoisotopic (exact) mass is 445 g/mol. The molecule has 0 bridgehead atoms. The maximum Gasteiger partial charge on any atom is 0.335 e. The Hall–Kier alpha value is -3.91. The summed E-state index contributed by atoms with van der Waals surface area (Å²) >= 11 is 5.65. The number of rotatable bonds is 6. The summed E-state index contributed by atoms with van der Waals surface area (Å²) < 4.78 is 11.8. The van der Waals surface area contributed by atoms with Gasteiger partial charge in [-0.2, -0.15) is 0 Å². The summed E-state index contributed by atoms with van der Waals surface area (Å²) in [5.41, 5.74) is 1.87. The van der Waals surface area contributed by atoms with Crippen LogP contribution in [0.2, 0.25) is 0 Å². The molecule has 4 aromatic rings. The number of nitrogens with one attached hydrogen (secondary N) is 1. The second kappa shape index (κ2) is 8.32. The SMILES string of the molecule is O=C(O)c1ccc(-c2ccc([C@H]3[C@H](c4ccccn4)NC(=S)N3Cc3ccco3)o2)cc1. The Morgan fingerprint density at radius 2 is 1.94 bits per heavy atom. The third-order valence-electron chi connectivity index (χ3n) is 5.44. The van der Waals surface area contributed by atoms with Crippen LogP contribution < -0.4 is 5.32 Å². The number of benzene rings is 1. The molecule has 5 rings (SSSR count). The highest BCUT2D eigenvalue weighted by molar-refractivity contribution is 7.80. The first-order valence-electron chi connectivity index (χ1n) is 10.0. The maximum absolute atomic E-state index is 11.1. The highest BCUT2D eigenvalue weighted by atomic mass is 32.1. The molecule has 0 aliphatic carbocycles. The molecule has 0 radical (unpaired) electrons. The van der Waals surface area contributed by atoms with Crippen LogP contribution in [0, 0.1) is 0 Å². The van der Waals surface area contributed by atoms with Crippen molar-refractivity contribution in [1.82, 2.24) is 15.2 Å². The number of carboxylic acid groups (broad SMARTS) is 1. The third-order valence-corrected chi connectivity index (χ3v) is 5.79. The van der Waals surface area contributed by atoms with Crippen LogP contribution in [0.25, 0.3) is 11.3 Å². The van der Waals surface area contributed by atoms with Crippen LogP contribution >= 0.6 is 12.2 Å². The van der Waals surface area contributed by atoms with Crippen LogP contribution in [0.5, 0.6) is 0 Å². The van der Waals surface area contributed by atoms with E-state index in [2.05, 4.69) is 10.3 Å². The number of hydrogen-bond acceptors (Lipinski definition) is 5. The van der Waals surface area contributed by atoms with Gasteiger partial charge in [-0.05, 0) is 60.7 Å². The molecular weight excluding hydrogens is 426 g/mol. The molecule has 4 heterocycles. The van der Waals surface area contributed by atoms with E-state index in [9.17, 15) is 4.79 Å². The molecule has 0 saturated carbocycles. The molecule has 32 heavy (non-hydrogen) atoms. The number of thiocarbonyl (C=S) groups is 1. The van der Waals surface area contributed by atoms with Crippen LogP contribution in [0.15, 0.2) is 88.0 Å². The van der Waals surface area contributed by atoms with Crippen molar-refractivity contribution in [2.45, 2.75) is 18.6 Å². The number of aromatic nitrogens is 1. The average molecular weight is 446 g/mol. The maximum atomic E-state index is 11.1. The zero-order chi connectivity index (χ0) is 22.1. The predicted octanol–water partition coefficient (Wildman–Crippen LogP) is 4.81. The molecule has 3 aromatic heterocycles. The predicted molar refractivity (Wildman–Crippen MR) is 121 cm³/mol. The Morgan fingerprint density at radius 1 is 1.09 bits per heavy atom. The lowest BCUT2D eigenvalue weighted by molar-refractivity contribution is 0.0697. The fraction of sp³-hybridized carbons (Fsp3) is 0.125. The molecule has 160 valence electrons. The van der Waals surface area contributed by atoms with Gasteiger partial charge in [0.25, 0.3) is 0 Å².